The van der Waals surface area contributed by atoms with E-state index >= 15 is 0 Å². The zero-order valence-electron chi connectivity index (χ0n) is 6.17. The number of nitrogens with two attached hydrogens (primary N) is 1. The van der Waals surface area contributed by atoms with Crippen LogP contribution in [0.15, 0.2) is 37.0 Å². The van der Waals surface area contributed by atoms with E-state index in [9.17, 15) is 0 Å². The molecule has 0 aromatic rings. The molecule has 0 bridgehead atoms. The Morgan fingerprint density at radius 3 is 2.11 bits per heavy atom. The summed E-state index contributed by atoms with van der Waals surface area (Å²) in [5.41, 5.74) is 4.50. The van der Waals surface area contributed by atoms with E-state index in [0.29, 0.717) is 0 Å². The van der Waals surface area contributed by atoms with Crippen LogP contribution in [-0.4, -0.2) is 7.05 Å². The molecule has 0 atom stereocenters. The number of allylic oxidation sites excluding steroid dienone is 5. The van der Waals surface area contributed by atoms with Gasteiger partial charge >= 0.3 is 0 Å². The van der Waals surface area contributed by atoms with Crippen molar-refractivity contribution in [2.75, 3.05) is 7.05 Å². The fourth-order valence-electron chi connectivity index (χ4n) is 0.254. The van der Waals surface area contributed by atoms with Gasteiger partial charge in [-0.25, -0.2) is 0 Å². The van der Waals surface area contributed by atoms with Gasteiger partial charge < -0.3 is 5.73 Å². The van der Waals surface area contributed by atoms with Gasteiger partial charge in [-0.1, -0.05) is 37.0 Å². The molecular weight excluding hydrogens is 110 g/mol. The normalized spacial score (nSPS) is 9.22. The summed E-state index contributed by atoms with van der Waals surface area (Å²) in [6.45, 7) is 5.49. The van der Waals surface area contributed by atoms with Crippen LogP contribution in [-0.2, 0) is 0 Å². The van der Waals surface area contributed by atoms with Crippen LogP contribution in [0.2, 0.25) is 0 Å². The first-order chi connectivity index (χ1) is 4.41. The van der Waals surface area contributed by atoms with E-state index < -0.39 is 0 Å². The van der Waals surface area contributed by atoms with Gasteiger partial charge in [0.1, 0.15) is 0 Å². The minimum absolute atomic E-state index is 0. The average Bonchev–Trinajstić information content (AvgIpc) is 1.94. The fourth-order valence-corrected chi connectivity index (χ4v) is 0.254. The van der Waals surface area contributed by atoms with Crippen molar-refractivity contribution in [1.82, 2.24) is 0 Å². The molecule has 0 spiro atoms. The highest BCUT2D eigenvalue weighted by Crippen LogP contribution is 1.74. The van der Waals surface area contributed by atoms with Gasteiger partial charge in [-0.2, -0.15) is 0 Å². The van der Waals surface area contributed by atoms with Gasteiger partial charge in [0, 0.05) is 1.43 Å². The Balaban J connectivity index is -0.000000149. The van der Waals surface area contributed by atoms with Crippen molar-refractivity contribution in [1.29, 1.82) is 0 Å². The van der Waals surface area contributed by atoms with E-state index in [0.717, 1.165) is 0 Å². The summed E-state index contributed by atoms with van der Waals surface area (Å²) >= 11 is 0. The third kappa shape index (κ3) is 19.1. The van der Waals surface area contributed by atoms with Crippen LogP contribution in [0, 0.1) is 0 Å². The monoisotopic (exact) mass is 127 g/mol. The van der Waals surface area contributed by atoms with E-state index in [4.69, 9.17) is 0 Å². The van der Waals surface area contributed by atoms with Crippen LogP contribution in [0.4, 0.5) is 0 Å². The summed E-state index contributed by atoms with van der Waals surface area (Å²) in [5, 5.41) is 0. The molecule has 0 radical (unpaired) electrons. The summed E-state index contributed by atoms with van der Waals surface area (Å²) in [5.74, 6) is 0. The maximum Gasteiger partial charge on any atom is 0 e. The van der Waals surface area contributed by atoms with Gasteiger partial charge in [-0.3, -0.25) is 0 Å². The molecule has 0 aliphatic carbocycles. The molecule has 54 valence electrons. The lowest BCUT2D eigenvalue weighted by molar-refractivity contribution is 1.48. The van der Waals surface area contributed by atoms with Crippen molar-refractivity contribution >= 4 is 0 Å². The zero-order valence-corrected chi connectivity index (χ0v) is 6.17. The topological polar surface area (TPSA) is 26.0 Å². The van der Waals surface area contributed by atoms with E-state index in [1.54, 1.807) is 6.08 Å². The smallest absolute Gasteiger partial charge is 0 e. The SMILES string of the molecule is C=C/C=C\C=C\C.CN.[HH]. The molecule has 0 heterocycles. The van der Waals surface area contributed by atoms with Crippen LogP contribution in [0.25, 0.3) is 0 Å². The van der Waals surface area contributed by atoms with Gasteiger partial charge in [-0.15, -0.1) is 0 Å². The minimum Gasteiger partial charge on any atom is -0.333 e. The van der Waals surface area contributed by atoms with Crippen LogP contribution in [0.3, 0.4) is 0 Å². The lowest BCUT2D eigenvalue weighted by Gasteiger charge is -1.65. The van der Waals surface area contributed by atoms with Crippen molar-refractivity contribution in [2.24, 2.45) is 5.73 Å². The molecule has 0 fully saturated rings. The quantitative estimate of drug-likeness (QED) is 0.565. The molecule has 1 nitrogen and oxygen atoms in total. The summed E-state index contributed by atoms with van der Waals surface area (Å²) < 4.78 is 0. The highest BCUT2D eigenvalue weighted by atomic mass is 14.4. The highest BCUT2D eigenvalue weighted by Gasteiger charge is 1.52. The lowest BCUT2D eigenvalue weighted by Crippen LogP contribution is -1.69. The molecule has 2 N–H and O–H groups in total. The summed E-state index contributed by atoms with van der Waals surface area (Å²) in [6.07, 6.45) is 9.51. The number of hydrogen-bond acceptors (Lipinski definition) is 1. The van der Waals surface area contributed by atoms with E-state index in [-0.39, 0.29) is 1.43 Å². The van der Waals surface area contributed by atoms with Gasteiger partial charge in [0.2, 0.25) is 0 Å². The second kappa shape index (κ2) is 15.7. The predicted molar refractivity (Wildman–Crippen MR) is 46.4 cm³/mol. The molecule has 1 heteroatoms. The Kier molecular flexibility index (Phi) is 19.3. The van der Waals surface area contributed by atoms with Gasteiger partial charge in [-0.05, 0) is 14.0 Å². The first-order valence-electron chi connectivity index (χ1n) is 2.90. The van der Waals surface area contributed by atoms with Crippen molar-refractivity contribution in [2.45, 2.75) is 6.92 Å². The largest absolute Gasteiger partial charge is 0.333 e. The molecule has 0 saturated carbocycles. The molecule has 0 aromatic heterocycles. The van der Waals surface area contributed by atoms with Crippen LogP contribution < -0.4 is 5.73 Å². The Hall–Kier alpha value is -0.820. The Morgan fingerprint density at radius 2 is 1.78 bits per heavy atom. The molecule has 9 heavy (non-hydrogen) atoms. The van der Waals surface area contributed by atoms with Gasteiger partial charge in [0.15, 0.2) is 0 Å². The Bertz CT molecular complexity index is 95.4. The highest BCUT2D eigenvalue weighted by molar-refractivity contribution is 5.07. The first kappa shape index (κ1) is 11.0. The predicted octanol–water partition coefficient (Wildman–Crippen LogP) is 2.13. The van der Waals surface area contributed by atoms with Crippen LogP contribution in [0.5, 0.6) is 0 Å². The molecule has 0 unspecified atom stereocenters. The molecule has 0 amide bonds. The maximum absolute atomic E-state index is 4.50. The maximum atomic E-state index is 4.50. The summed E-state index contributed by atoms with van der Waals surface area (Å²) in [4.78, 5) is 0. The Morgan fingerprint density at radius 1 is 1.22 bits per heavy atom. The van der Waals surface area contributed by atoms with E-state index in [2.05, 4.69) is 12.3 Å². The van der Waals surface area contributed by atoms with Crippen LogP contribution in [0.1, 0.15) is 8.35 Å². The van der Waals surface area contributed by atoms with E-state index in [1.807, 2.05) is 31.2 Å². The molecule has 0 aliphatic heterocycles. The minimum atomic E-state index is 0. The second-order valence-electron chi connectivity index (χ2n) is 1.15. The third-order valence-electron chi connectivity index (χ3n) is 0.551. The molecule has 0 aliphatic rings. The average molecular weight is 127 g/mol. The molecule has 0 rings (SSSR count). The zero-order chi connectivity index (χ0) is 7.54. The van der Waals surface area contributed by atoms with Crippen molar-refractivity contribution in [3.05, 3.63) is 37.0 Å². The number of hydrogen-bond donors (Lipinski definition) is 1. The molecule has 0 saturated heterocycles. The third-order valence-corrected chi connectivity index (χ3v) is 0.551. The standard InChI is InChI=1S/C7H10.CH5N.H2/c1-3-5-7-6-4-2;1-2;/h3-7H,1H2,2H3;2H2,1H3;1H/b6-4+,7-5-;;. The Labute approximate surface area is 59.1 Å². The van der Waals surface area contributed by atoms with Crippen molar-refractivity contribution < 1.29 is 1.43 Å². The van der Waals surface area contributed by atoms with Crippen LogP contribution >= 0.6 is 0 Å². The van der Waals surface area contributed by atoms with E-state index in [1.165, 1.54) is 7.05 Å². The first-order valence-corrected chi connectivity index (χ1v) is 2.90. The number of rotatable bonds is 2. The van der Waals surface area contributed by atoms with Crippen molar-refractivity contribution in [3.63, 3.8) is 0 Å². The summed E-state index contributed by atoms with van der Waals surface area (Å²) in [7, 11) is 1.50. The summed E-state index contributed by atoms with van der Waals surface area (Å²) in [6, 6.07) is 0. The molecular formula is C8H17N. The van der Waals surface area contributed by atoms with Gasteiger partial charge in [0.05, 0.1) is 0 Å². The second-order valence-corrected chi connectivity index (χ2v) is 1.15. The molecule has 0 aromatic carbocycles. The lowest BCUT2D eigenvalue weighted by atomic mass is 10.4. The fraction of sp³-hybridized carbons (Fsp3) is 0.250. The van der Waals surface area contributed by atoms with Gasteiger partial charge in [0.25, 0.3) is 0 Å². The van der Waals surface area contributed by atoms with Crippen molar-refractivity contribution in [3.8, 4) is 0 Å².